The van der Waals surface area contributed by atoms with Crippen LogP contribution < -0.4 is 3.82 Å². The van der Waals surface area contributed by atoms with Crippen LogP contribution in [0.4, 0.5) is 13.2 Å². The SMILES string of the molecule is N#Cc1cc(C(F)(F)F)c[c]([Mg][Cl])n1. The Morgan fingerprint density at radius 3 is 2.50 bits per heavy atom. The van der Waals surface area contributed by atoms with Crippen LogP contribution in [0.15, 0.2) is 12.1 Å². The molecule has 2 nitrogen and oxygen atoms in total. The van der Waals surface area contributed by atoms with Gasteiger partial charge in [-0.3, -0.25) is 4.98 Å². The largest absolute Gasteiger partial charge is 0.564 e. The van der Waals surface area contributed by atoms with E-state index in [1.807, 2.05) is 0 Å². The minimum atomic E-state index is -4.45. The van der Waals surface area contributed by atoms with E-state index < -0.39 is 31.0 Å². The van der Waals surface area contributed by atoms with Crippen molar-refractivity contribution in [2.75, 3.05) is 0 Å². The number of hydrogen-bond donors (Lipinski definition) is 0. The first-order valence-electron chi connectivity index (χ1n) is 3.51. The van der Waals surface area contributed by atoms with Gasteiger partial charge in [-0.2, -0.15) is 18.4 Å². The maximum Gasteiger partial charge on any atom is 0.564 e. The van der Waals surface area contributed by atoms with Crippen LogP contribution in [0.5, 0.6) is 0 Å². The molecule has 0 atom stereocenters. The maximum atomic E-state index is 12.3. The van der Waals surface area contributed by atoms with E-state index in [0.717, 1.165) is 6.07 Å². The molecule has 0 fully saturated rings. The summed E-state index contributed by atoms with van der Waals surface area (Å²) in [5.74, 6) is 0. The summed E-state index contributed by atoms with van der Waals surface area (Å²) < 4.78 is 36.9. The molecule has 0 amide bonds. The second kappa shape index (κ2) is 4.34. The average molecular weight is 231 g/mol. The van der Waals surface area contributed by atoms with Gasteiger partial charge in [-0.25, -0.2) is 0 Å². The highest BCUT2D eigenvalue weighted by Crippen LogP contribution is 2.28. The smallest absolute Gasteiger partial charge is 0.333 e. The highest BCUT2D eigenvalue weighted by Gasteiger charge is 2.31. The molecule has 0 saturated carbocycles. The van der Waals surface area contributed by atoms with Gasteiger partial charge in [-0.15, -0.1) is 0 Å². The van der Waals surface area contributed by atoms with E-state index >= 15 is 0 Å². The summed E-state index contributed by atoms with van der Waals surface area (Å²) in [6, 6.07) is 3.17. The van der Waals surface area contributed by atoms with Crippen molar-refractivity contribution in [3.05, 3.63) is 23.4 Å². The number of halogens is 4. The van der Waals surface area contributed by atoms with Crippen molar-refractivity contribution >= 4 is 32.2 Å². The third kappa shape index (κ3) is 2.74. The van der Waals surface area contributed by atoms with Crippen LogP contribution in [0.3, 0.4) is 0 Å². The molecule has 0 saturated heterocycles. The fourth-order valence-corrected chi connectivity index (χ4v) is 1.82. The zero-order chi connectivity index (χ0) is 10.8. The van der Waals surface area contributed by atoms with Gasteiger partial charge in [0.05, 0.1) is 5.56 Å². The summed E-state index contributed by atoms with van der Waals surface area (Å²) in [6.07, 6.45) is -4.45. The molecular weight excluding hydrogens is 229 g/mol. The number of nitriles is 1. The summed E-state index contributed by atoms with van der Waals surface area (Å²) in [7, 11) is 5.48. The van der Waals surface area contributed by atoms with Crippen LogP contribution in [0.2, 0.25) is 0 Å². The average Bonchev–Trinajstić information content (AvgIpc) is 2.15. The quantitative estimate of drug-likeness (QED) is 0.685. The van der Waals surface area contributed by atoms with Crippen molar-refractivity contribution in [1.29, 1.82) is 5.26 Å². The van der Waals surface area contributed by atoms with Crippen molar-refractivity contribution in [2.24, 2.45) is 0 Å². The Bertz CT molecular complexity index is 386. The van der Waals surface area contributed by atoms with Crippen LogP contribution in [0.25, 0.3) is 0 Å². The van der Waals surface area contributed by atoms with E-state index in [-0.39, 0.29) is 9.52 Å². The van der Waals surface area contributed by atoms with E-state index in [9.17, 15) is 13.2 Å². The molecule has 0 spiro atoms. The van der Waals surface area contributed by atoms with Crippen LogP contribution in [-0.2, 0) is 6.18 Å². The third-order valence-electron chi connectivity index (χ3n) is 1.46. The fourth-order valence-electron chi connectivity index (χ4n) is 0.877. The summed E-state index contributed by atoms with van der Waals surface area (Å²) in [5.41, 5.74) is -1.12. The molecule has 14 heavy (non-hydrogen) atoms. The van der Waals surface area contributed by atoms with Gasteiger partial charge in [0, 0.05) is 0 Å². The maximum absolute atomic E-state index is 12.3. The summed E-state index contributed by atoms with van der Waals surface area (Å²) in [4.78, 5) is 3.65. The van der Waals surface area contributed by atoms with Crippen LogP contribution in [0, 0.1) is 11.3 Å². The molecule has 1 heterocycles. The van der Waals surface area contributed by atoms with Gasteiger partial charge in [0.1, 0.15) is 11.8 Å². The van der Waals surface area contributed by atoms with Gasteiger partial charge >= 0.3 is 25.4 Å². The van der Waals surface area contributed by atoms with Gasteiger partial charge in [0.25, 0.3) is 0 Å². The Hall–Kier alpha value is -0.514. The van der Waals surface area contributed by atoms with E-state index in [0.29, 0.717) is 6.07 Å². The Morgan fingerprint density at radius 2 is 2.07 bits per heavy atom. The van der Waals surface area contributed by atoms with Gasteiger partial charge in [0.15, 0.2) is 0 Å². The molecule has 0 aliphatic carbocycles. The Labute approximate surface area is 91.2 Å². The first-order valence-corrected chi connectivity index (χ1v) is 6.36. The van der Waals surface area contributed by atoms with Gasteiger partial charge < -0.3 is 9.07 Å². The molecule has 1 aromatic heterocycles. The number of hydrogen-bond acceptors (Lipinski definition) is 2. The zero-order valence-electron chi connectivity index (χ0n) is 6.77. The Morgan fingerprint density at radius 1 is 1.43 bits per heavy atom. The lowest BCUT2D eigenvalue weighted by molar-refractivity contribution is -0.137. The number of alkyl halides is 3. The molecule has 0 unspecified atom stereocenters. The van der Waals surface area contributed by atoms with Crippen molar-refractivity contribution in [1.82, 2.24) is 4.98 Å². The van der Waals surface area contributed by atoms with Crippen LogP contribution in [-0.4, -0.2) is 24.2 Å². The van der Waals surface area contributed by atoms with Gasteiger partial charge in [-0.05, 0) is 6.07 Å². The predicted molar refractivity (Wildman–Crippen MR) is 45.2 cm³/mol. The molecule has 70 valence electrons. The first-order chi connectivity index (χ1) is 6.47. The minimum Gasteiger partial charge on any atom is -0.333 e. The summed E-state index contributed by atoms with van der Waals surface area (Å²) >= 11 is -1.31. The van der Waals surface area contributed by atoms with Crippen molar-refractivity contribution in [3.63, 3.8) is 0 Å². The summed E-state index contributed by atoms with van der Waals surface area (Å²) in [6.45, 7) is 0. The highest BCUT2D eigenvalue weighted by molar-refractivity contribution is 7.00. The molecule has 0 aliphatic heterocycles. The van der Waals surface area contributed by atoms with Gasteiger partial charge in [-0.1, -0.05) is 9.89 Å². The lowest BCUT2D eigenvalue weighted by atomic mass is 10.2. The molecule has 1 aromatic rings. The van der Waals surface area contributed by atoms with Crippen molar-refractivity contribution in [2.45, 2.75) is 6.18 Å². The lowest BCUT2D eigenvalue weighted by Crippen LogP contribution is -2.19. The lowest BCUT2D eigenvalue weighted by Gasteiger charge is -2.07. The highest BCUT2D eigenvalue weighted by atomic mass is 35.5. The second-order valence-electron chi connectivity index (χ2n) is 2.48. The van der Waals surface area contributed by atoms with Crippen LogP contribution >= 0.6 is 9.07 Å². The molecule has 0 bridgehead atoms. The number of pyridine rings is 1. The van der Waals surface area contributed by atoms with Crippen molar-refractivity contribution in [3.8, 4) is 6.07 Å². The Kier molecular flexibility index (Phi) is 3.58. The van der Waals surface area contributed by atoms with Crippen LogP contribution in [0.1, 0.15) is 11.3 Å². The normalized spacial score (nSPS) is 10.5. The predicted octanol–water partition coefficient (Wildman–Crippen LogP) is 1.46. The number of nitrogens with zero attached hydrogens (tertiary/aromatic N) is 2. The van der Waals surface area contributed by atoms with Crippen molar-refractivity contribution < 1.29 is 13.2 Å². The summed E-state index contributed by atoms with van der Waals surface area (Å²) in [5, 5.41) is 8.44. The molecule has 0 aromatic carbocycles. The second-order valence-corrected chi connectivity index (χ2v) is 4.27. The van der Waals surface area contributed by atoms with E-state index in [1.54, 1.807) is 6.07 Å². The molecule has 1 rings (SSSR count). The standard InChI is InChI=1S/C7H2F3N2.ClH.Mg/c8-7(9,10)5-1-2-12-6(3-5)4-11;;/h1,3H;1H;/q;;+1/p-1. The number of rotatable bonds is 1. The van der Waals surface area contributed by atoms with E-state index in [4.69, 9.17) is 14.3 Å². The van der Waals surface area contributed by atoms with E-state index in [2.05, 4.69) is 4.98 Å². The molecule has 7 heteroatoms. The molecule has 0 N–H and O–H groups in total. The zero-order valence-corrected chi connectivity index (χ0v) is 8.94. The molecule has 0 radical (unpaired) electrons. The number of aromatic nitrogens is 1. The van der Waals surface area contributed by atoms with E-state index in [1.165, 1.54) is 0 Å². The third-order valence-corrected chi connectivity index (χ3v) is 2.91. The van der Waals surface area contributed by atoms with Gasteiger partial charge in [0.2, 0.25) is 0 Å². The minimum absolute atomic E-state index is 0.179. The topological polar surface area (TPSA) is 36.7 Å². The molecular formula is C7H2ClF3MgN2. The molecule has 0 aliphatic rings. The Balaban J connectivity index is 3.26. The monoisotopic (exact) mass is 230 g/mol. The fraction of sp³-hybridized carbons (Fsp3) is 0.143. The first kappa shape index (κ1) is 11.6.